The van der Waals surface area contributed by atoms with Crippen molar-refractivity contribution < 1.29 is 29.0 Å². The highest BCUT2D eigenvalue weighted by Crippen LogP contribution is 2.15. The second-order valence-corrected chi connectivity index (χ2v) is 10.4. The summed E-state index contributed by atoms with van der Waals surface area (Å²) in [5, 5.41) is 7.89. The average molecular weight is 537 g/mol. The van der Waals surface area contributed by atoms with Gasteiger partial charge in [-0.3, -0.25) is 0 Å². The zero-order chi connectivity index (χ0) is 29.2. The van der Waals surface area contributed by atoms with Crippen LogP contribution in [-0.2, 0) is 23.9 Å². The van der Waals surface area contributed by atoms with Gasteiger partial charge in [0.25, 0.3) is 0 Å². The number of carbonyl (C=O) groups is 3. The van der Waals surface area contributed by atoms with Crippen molar-refractivity contribution in [1.29, 1.82) is 0 Å². The van der Waals surface area contributed by atoms with E-state index in [0.717, 1.165) is 12.8 Å². The molecular formula is C32H56O6. The number of carboxylic acid groups (broad SMARTS) is 1. The van der Waals surface area contributed by atoms with E-state index in [2.05, 4.69) is 26.7 Å². The molecule has 0 aromatic rings. The molecule has 1 atom stereocenters. The van der Waals surface area contributed by atoms with E-state index in [9.17, 15) is 14.4 Å². The summed E-state index contributed by atoms with van der Waals surface area (Å²) in [6.07, 6.45) is 21.4. The average Bonchev–Trinajstić information content (AvgIpc) is 2.86. The molecule has 0 aromatic heterocycles. The van der Waals surface area contributed by atoms with Crippen molar-refractivity contribution >= 4 is 17.9 Å². The van der Waals surface area contributed by atoms with Gasteiger partial charge in [0.05, 0.1) is 0 Å². The molecule has 0 saturated carbocycles. The Bertz CT molecular complexity index is 682. The predicted octanol–water partition coefficient (Wildman–Crippen LogP) is 8.89. The Morgan fingerprint density at radius 1 is 0.605 bits per heavy atom. The Balaban J connectivity index is 0. The van der Waals surface area contributed by atoms with Crippen molar-refractivity contribution in [3.8, 4) is 0 Å². The maximum atomic E-state index is 11.8. The van der Waals surface area contributed by atoms with Gasteiger partial charge in [0.1, 0.15) is 12.7 Å². The van der Waals surface area contributed by atoms with E-state index in [4.69, 9.17) is 14.6 Å². The molecule has 0 spiro atoms. The summed E-state index contributed by atoms with van der Waals surface area (Å²) in [5.41, 5.74) is 0.876. The molecule has 0 rings (SSSR count). The molecule has 1 N–H and O–H groups in total. The Labute approximate surface area is 232 Å². The molecule has 1 unspecified atom stereocenters. The van der Waals surface area contributed by atoms with Crippen molar-refractivity contribution in [3.63, 3.8) is 0 Å². The highest BCUT2D eigenvalue weighted by atomic mass is 16.6. The van der Waals surface area contributed by atoms with Crippen LogP contribution < -0.4 is 0 Å². The summed E-state index contributed by atoms with van der Waals surface area (Å²) in [5.74, 6) is -1.82. The smallest absolute Gasteiger partial charge is 0.333 e. The molecule has 0 heterocycles. The topological polar surface area (TPSA) is 89.9 Å². The zero-order valence-corrected chi connectivity index (χ0v) is 24.9. The van der Waals surface area contributed by atoms with E-state index in [-0.39, 0.29) is 12.2 Å². The second-order valence-electron chi connectivity index (χ2n) is 10.4. The van der Waals surface area contributed by atoms with Crippen LogP contribution in [0.5, 0.6) is 0 Å². The molecule has 220 valence electrons. The first-order valence-electron chi connectivity index (χ1n) is 14.6. The quantitative estimate of drug-likeness (QED) is 0.0796. The summed E-state index contributed by atoms with van der Waals surface area (Å²) >= 11 is 0. The van der Waals surface area contributed by atoms with Crippen LogP contribution in [0.2, 0.25) is 0 Å². The minimum atomic E-state index is -0.935. The fourth-order valence-corrected chi connectivity index (χ4v) is 3.64. The third kappa shape index (κ3) is 26.7. The van der Waals surface area contributed by atoms with Gasteiger partial charge in [-0.05, 0) is 33.6 Å². The predicted molar refractivity (Wildman–Crippen MR) is 157 cm³/mol. The van der Waals surface area contributed by atoms with Crippen molar-refractivity contribution in [2.24, 2.45) is 0 Å². The first kappa shape index (κ1) is 37.8. The summed E-state index contributed by atoms with van der Waals surface area (Å²) in [6.45, 7) is 17.4. The Morgan fingerprint density at radius 3 is 1.26 bits per heavy atom. The van der Waals surface area contributed by atoms with Crippen molar-refractivity contribution in [2.75, 3.05) is 6.61 Å². The molecular weight excluding hydrogens is 480 g/mol. The first-order chi connectivity index (χ1) is 18.0. The molecule has 6 heteroatoms. The van der Waals surface area contributed by atoms with Crippen LogP contribution >= 0.6 is 0 Å². The SMILES string of the molecule is C=C(C)C(=O)O.C=C(C)C(=O)OCC(CCCCCCCCCCCCCCCCCC)OC(=O)C(=C)C. The summed E-state index contributed by atoms with van der Waals surface area (Å²) in [7, 11) is 0. The van der Waals surface area contributed by atoms with Crippen LogP contribution in [0.3, 0.4) is 0 Å². The monoisotopic (exact) mass is 536 g/mol. The van der Waals surface area contributed by atoms with Gasteiger partial charge in [0, 0.05) is 16.7 Å². The summed E-state index contributed by atoms with van der Waals surface area (Å²) < 4.78 is 10.6. The molecule has 0 radical (unpaired) electrons. The number of rotatable bonds is 23. The first-order valence-corrected chi connectivity index (χ1v) is 14.6. The van der Waals surface area contributed by atoms with E-state index >= 15 is 0 Å². The Morgan fingerprint density at radius 2 is 0.947 bits per heavy atom. The van der Waals surface area contributed by atoms with Gasteiger partial charge in [-0.25, -0.2) is 14.4 Å². The van der Waals surface area contributed by atoms with Gasteiger partial charge in [-0.1, -0.05) is 123 Å². The van der Waals surface area contributed by atoms with Crippen LogP contribution in [0.15, 0.2) is 36.5 Å². The number of carbonyl (C=O) groups excluding carboxylic acids is 2. The van der Waals surface area contributed by atoms with E-state index in [1.54, 1.807) is 13.8 Å². The standard InChI is InChI=1S/C28H50O4.C4H6O2/c1-6-7-8-9-10-11-12-13-14-15-16-17-18-19-20-21-22-26(32-28(30)25(4)5)23-31-27(29)24(2)3;1-3(2)4(5)6/h26H,2,4,6-23H2,1,3,5H3;1H2,2H3,(H,5,6). The highest BCUT2D eigenvalue weighted by molar-refractivity contribution is 5.87. The van der Waals surface area contributed by atoms with Crippen LogP contribution in [0.1, 0.15) is 137 Å². The van der Waals surface area contributed by atoms with Crippen molar-refractivity contribution in [1.82, 2.24) is 0 Å². The number of ether oxygens (including phenoxy) is 2. The van der Waals surface area contributed by atoms with Crippen molar-refractivity contribution in [2.45, 2.75) is 143 Å². The summed E-state index contributed by atoms with van der Waals surface area (Å²) in [4.78, 5) is 33.0. The fraction of sp³-hybridized carbons (Fsp3) is 0.719. The number of unbranched alkanes of at least 4 members (excludes halogenated alkanes) is 15. The van der Waals surface area contributed by atoms with Gasteiger partial charge < -0.3 is 14.6 Å². The van der Waals surface area contributed by atoms with Gasteiger partial charge >= 0.3 is 17.9 Å². The fourth-order valence-electron chi connectivity index (χ4n) is 3.64. The lowest BCUT2D eigenvalue weighted by atomic mass is 10.0. The van der Waals surface area contributed by atoms with Crippen LogP contribution in [-0.4, -0.2) is 35.7 Å². The number of esters is 2. The molecule has 6 nitrogen and oxygen atoms in total. The maximum Gasteiger partial charge on any atom is 0.333 e. The Kier molecular flexibility index (Phi) is 26.1. The minimum Gasteiger partial charge on any atom is -0.478 e. The summed E-state index contributed by atoms with van der Waals surface area (Å²) in [6, 6.07) is 0. The van der Waals surface area contributed by atoms with Crippen molar-refractivity contribution in [3.05, 3.63) is 36.5 Å². The molecule has 38 heavy (non-hydrogen) atoms. The molecule has 0 amide bonds. The maximum absolute atomic E-state index is 11.8. The third-order valence-corrected chi connectivity index (χ3v) is 6.12. The number of carboxylic acids is 1. The Hall–Kier alpha value is -2.37. The minimum absolute atomic E-state index is 0.0729. The van der Waals surface area contributed by atoms with Crippen LogP contribution in [0, 0.1) is 0 Å². The number of aliphatic carboxylic acids is 1. The molecule has 0 saturated heterocycles. The van der Waals surface area contributed by atoms with Gasteiger partial charge in [0.15, 0.2) is 0 Å². The highest BCUT2D eigenvalue weighted by Gasteiger charge is 2.17. The van der Waals surface area contributed by atoms with E-state index in [1.807, 2.05) is 0 Å². The van der Waals surface area contributed by atoms with Gasteiger partial charge in [-0.2, -0.15) is 0 Å². The zero-order valence-electron chi connectivity index (χ0n) is 24.9. The number of hydrogen-bond donors (Lipinski definition) is 1. The van der Waals surface area contributed by atoms with Gasteiger partial charge in [-0.15, -0.1) is 0 Å². The molecule has 0 bridgehead atoms. The number of hydrogen-bond acceptors (Lipinski definition) is 5. The molecule has 0 aliphatic heterocycles. The third-order valence-electron chi connectivity index (χ3n) is 6.12. The van der Waals surface area contributed by atoms with E-state index in [0.29, 0.717) is 17.6 Å². The normalized spacial score (nSPS) is 11.1. The largest absolute Gasteiger partial charge is 0.478 e. The van der Waals surface area contributed by atoms with Crippen LogP contribution in [0.4, 0.5) is 0 Å². The molecule has 0 aliphatic rings. The lowest BCUT2D eigenvalue weighted by Crippen LogP contribution is -2.25. The lowest BCUT2D eigenvalue weighted by Gasteiger charge is -2.18. The van der Waals surface area contributed by atoms with E-state index < -0.39 is 24.0 Å². The lowest BCUT2D eigenvalue weighted by molar-refractivity contribution is -0.154. The molecule has 0 aliphatic carbocycles. The van der Waals surface area contributed by atoms with E-state index in [1.165, 1.54) is 96.8 Å². The van der Waals surface area contributed by atoms with Crippen LogP contribution in [0.25, 0.3) is 0 Å². The van der Waals surface area contributed by atoms with Gasteiger partial charge in [0.2, 0.25) is 0 Å². The molecule has 0 aromatic carbocycles. The molecule has 0 fully saturated rings. The second kappa shape index (κ2) is 26.2.